The van der Waals surface area contributed by atoms with E-state index >= 15 is 0 Å². The van der Waals surface area contributed by atoms with E-state index in [1.54, 1.807) is 18.3 Å². The summed E-state index contributed by atoms with van der Waals surface area (Å²) >= 11 is 0. The Hall–Kier alpha value is -2.44. The third-order valence-corrected chi connectivity index (χ3v) is 5.25. The van der Waals surface area contributed by atoms with Crippen LogP contribution in [-0.4, -0.2) is 28.5 Å². The minimum absolute atomic E-state index is 0. The lowest BCUT2D eigenvalue weighted by Crippen LogP contribution is -2.23. The standard InChI is InChI=1S/C22H25FN4O.ClH/c1-2-3-6-19-21(22(28)27-12-5-4-7-20(27)26-19)15-8-9-18(17(23)13-15)25-16-10-11-24-14-16;/h4-5,7-9,12-13,16,24-25H,2-3,6,10-11,14H2,1H3;1H. The molecule has 2 aromatic heterocycles. The third-order valence-electron chi connectivity index (χ3n) is 5.25. The summed E-state index contributed by atoms with van der Waals surface area (Å²) in [6.07, 6.45) is 5.30. The summed E-state index contributed by atoms with van der Waals surface area (Å²) in [6, 6.07) is 10.7. The van der Waals surface area contributed by atoms with E-state index in [9.17, 15) is 9.18 Å². The number of aromatic nitrogens is 2. The van der Waals surface area contributed by atoms with Crippen LogP contribution in [0.25, 0.3) is 16.8 Å². The van der Waals surface area contributed by atoms with Crippen LogP contribution in [0.15, 0.2) is 47.4 Å². The number of nitrogens with one attached hydrogen (secondary N) is 2. The Bertz CT molecular complexity index is 1050. The normalized spacial score (nSPS) is 16.0. The zero-order valence-corrected chi connectivity index (χ0v) is 17.3. The van der Waals surface area contributed by atoms with Crippen molar-refractivity contribution in [3.05, 3.63) is 64.5 Å². The number of halogens is 2. The highest BCUT2D eigenvalue weighted by atomic mass is 35.5. The van der Waals surface area contributed by atoms with Crippen LogP contribution in [0.5, 0.6) is 0 Å². The van der Waals surface area contributed by atoms with Gasteiger partial charge in [-0.05, 0) is 55.6 Å². The predicted octanol–water partition coefficient (Wildman–Crippen LogP) is 4.04. The molecule has 1 aliphatic heterocycles. The number of anilines is 1. The van der Waals surface area contributed by atoms with Gasteiger partial charge in [-0.1, -0.05) is 25.5 Å². The maximum Gasteiger partial charge on any atom is 0.265 e. The number of fused-ring (bicyclic) bond motifs is 1. The first-order valence-electron chi connectivity index (χ1n) is 9.95. The molecule has 1 atom stereocenters. The number of rotatable bonds is 6. The van der Waals surface area contributed by atoms with Crippen molar-refractivity contribution in [3.8, 4) is 11.1 Å². The predicted molar refractivity (Wildman–Crippen MR) is 118 cm³/mol. The summed E-state index contributed by atoms with van der Waals surface area (Å²) in [7, 11) is 0. The molecule has 7 heteroatoms. The quantitative estimate of drug-likeness (QED) is 0.636. The first-order chi connectivity index (χ1) is 13.7. The van der Waals surface area contributed by atoms with Gasteiger partial charge in [0.25, 0.3) is 5.56 Å². The first kappa shape index (κ1) is 21.3. The molecule has 5 nitrogen and oxygen atoms in total. The van der Waals surface area contributed by atoms with Gasteiger partial charge in [-0.2, -0.15) is 0 Å². The summed E-state index contributed by atoms with van der Waals surface area (Å²) in [5, 5.41) is 6.51. The van der Waals surface area contributed by atoms with E-state index in [-0.39, 0.29) is 29.8 Å². The molecule has 0 saturated carbocycles. The number of pyridine rings is 1. The van der Waals surface area contributed by atoms with Crippen LogP contribution < -0.4 is 16.2 Å². The van der Waals surface area contributed by atoms with E-state index in [0.717, 1.165) is 38.0 Å². The van der Waals surface area contributed by atoms with Crippen LogP contribution in [0, 0.1) is 5.82 Å². The molecule has 2 N–H and O–H groups in total. The summed E-state index contributed by atoms with van der Waals surface area (Å²) in [6.45, 7) is 3.88. The largest absolute Gasteiger partial charge is 0.379 e. The number of unbranched alkanes of at least 4 members (excludes halogenated alkanes) is 1. The number of benzene rings is 1. The Morgan fingerprint density at radius 2 is 2.17 bits per heavy atom. The van der Waals surface area contributed by atoms with Crippen molar-refractivity contribution in [2.24, 2.45) is 0 Å². The van der Waals surface area contributed by atoms with Gasteiger partial charge in [0.15, 0.2) is 0 Å². The molecule has 3 aromatic rings. The minimum Gasteiger partial charge on any atom is -0.379 e. The molecular weight excluding hydrogens is 391 g/mol. The Morgan fingerprint density at radius 3 is 2.90 bits per heavy atom. The second-order valence-electron chi connectivity index (χ2n) is 7.30. The van der Waals surface area contributed by atoms with Crippen LogP contribution >= 0.6 is 12.4 Å². The number of aryl methyl sites for hydroxylation is 1. The van der Waals surface area contributed by atoms with Crippen molar-refractivity contribution in [1.82, 2.24) is 14.7 Å². The first-order valence-corrected chi connectivity index (χ1v) is 9.95. The maximum atomic E-state index is 14.8. The number of nitrogens with zero attached hydrogens (tertiary/aromatic N) is 2. The van der Waals surface area contributed by atoms with Gasteiger partial charge in [0.1, 0.15) is 11.5 Å². The van der Waals surface area contributed by atoms with Crippen LogP contribution in [0.1, 0.15) is 31.9 Å². The highest BCUT2D eigenvalue weighted by Crippen LogP contribution is 2.26. The average molecular weight is 417 g/mol. The van der Waals surface area contributed by atoms with Crippen LogP contribution in [0.3, 0.4) is 0 Å². The molecule has 4 rings (SSSR count). The summed E-state index contributed by atoms with van der Waals surface area (Å²) in [4.78, 5) is 17.9. The van der Waals surface area contributed by atoms with Gasteiger partial charge in [0.2, 0.25) is 0 Å². The molecule has 1 unspecified atom stereocenters. The molecule has 1 fully saturated rings. The van der Waals surface area contributed by atoms with Gasteiger partial charge in [-0.25, -0.2) is 9.37 Å². The number of hydrogen-bond donors (Lipinski definition) is 2. The van der Waals surface area contributed by atoms with Crippen LogP contribution in [0.4, 0.5) is 10.1 Å². The van der Waals surface area contributed by atoms with Gasteiger partial charge >= 0.3 is 0 Å². The van der Waals surface area contributed by atoms with Gasteiger partial charge in [-0.3, -0.25) is 9.20 Å². The van der Waals surface area contributed by atoms with Gasteiger partial charge in [-0.15, -0.1) is 12.4 Å². The smallest absolute Gasteiger partial charge is 0.265 e. The molecule has 1 aromatic carbocycles. The molecule has 0 spiro atoms. The van der Waals surface area contributed by atoms with E-state index in [2.05, 4.69) is 17.6 Å². The van der Waals surface area contributed by atoms with Crippen molar-refractivity contribution in [2.45, 2.75) is 38.6 Å². The molecule has 154 valence electrons. The molecule has 1 saturated heterocycles. The van der Waals surface area contributed by atoms with Gasteiger partial charge < -0.3 is 10.6 Å². The van der Waals surface area contributed by atoms with Crippen molar-refractivity contribution in [1.29, 1.82) is 0 Å². The van der Waals surface area contributed by atoms with Crippen molar-refractivity contribution < 1.29 is 4.39 Å². The molecule has 0 bridgehead atoms. The highest BCUT2D eigenvalue weighted by Gasteiger charge is 2.18. The molecule has 3 heterocycles. The molecule has 0 aliphatic carbocycles. The summed E-state index contributed by atoms with van der Waals surface area (Å²) < 4.78 is 16.3. The Morgan fingerprint density at radius 1 is 1.31 bits per heavy atom. The summed E-state index contributed by atoms with van der Waals surface area (Å²) in [5.74, 6) is -0.344. The third kappa shape index (κ3) is 4.43. The van der Waals surface area contributed by atoms with Crippen LogP contribution in [0.2, 0.25) is 0 Å². The van der Waals surface area contributed by atoms with Crippen molar-refractivity contribution >= 4 is 23.7 Å². The SMILES string of the molecule is CCCCc1nc2ccccn2c(=O)c1-c1ccc(NC2CCNC2)c(F)c1.Cl. The van der Waals surface area contributed by atoms with E-state index < -0.39 is 0 Å². The van der Waals surface area contributed by atoms with Crippen molar-refractivity contribution in [2.75, 3.05) is 18.4 Å². The fraction of sp³-hybridized carbons (Fsp3) is 0.364. The molecule has 1 aliphatic rings. The number of hydrogen-bond acceptors (Lipinski definition) is 4. The van der Waals surface area contributed by atoms with Crippen molar-refractivity contribution in [3.63, 3.8) is 0 Å². The van der Waals surface area contributed by atoms with E-state index in [1.165, 1.54) is 10.5 Å². The Kier molecular flexibility index (Phi) is 6.87. The zero-order chi connectivity index (χ0) is 19.5. The fourth-order valence-electron chi connectivity index (χ4n) is 3.74. The zero-order valence-electron chi connectivity index (χ0n) is 16.5. The Labute approximate surface area is 175 Å². The molecular formula is C22H26ClFN4O. The van der Waals surface area contributed by atoms with Crippen LogP contribution in [-0.2, 0) is 6.42 Å². The van der Waals surface area contributed by atoms with E-state index in [0.29, 0.717) is 28.9 Å². The minimum atomic E-state index is -0.344. The Balaban J connectivity index is 0.00000240. The lowest BCUT2D eigenvalue weighted by atomic mass is 10.0. The lowest BCUT2D eigenvalue weighted by Gasteiger charge is -2.15. The lowest BCUT2D eigenvalue weighted by molar-refractivity contribution is 0.626. The highest BCUT2D eigenvalue weighted by molar-refractivity contribution is 5.85. The second-order valence-corrected chi connectivity index (χ2v) is 7.30. The summed E-state index contributed by atoms with van der Waals surface area (Å²) in [5.41, 5.74) is 2.74. The molecule has 29 heavy (non-hydrogen) atoms. The van der Waals surface area contributed by atoms with Gasteiger partial charge in [0, 0.05) is 18.8 Å². The molecule has 0 radical (unpaired) electrons. The second kappa shape index (κ2) is 9.37. The van der Waals surface area contributed by atoms with Gasteiger partial charge in [0.05, 0.1) is 16.9 Å². The topological polar surface area (TPSA) is 58.4 Å². The maximum absolute atomic E-state index is 14.8. The fourth-order valence-corrected chi connectivity index (χ4v) is 3.74. The molecule has 0 amide bonds. The van der Waals surface area contributed by atoms with E-state index in [4.69, 9.17) is 4.98 Å². The average Bonchev–Trinajstić information content (AvgIpc) is 3.21. The van der Waals surface area contributed by atoms with E-state index in [1.807, 2.05) is 18.2 Å². The monoisotopic (exact) mass is 416 g/mol.